The maximum absolute atomic E-state index is 13.9. The van der Waals surface area contributed by atoms with Crippen molar-refractivity contribution in [2.45, 2.75) is 30.8 Å². The number of amides is 4. The summed E-state index contributed by atoms with van der Waals surface area (Å²) in [6.07, 6.45) is 1.77. The molecule has 3 aromatic carbocycles. The van der Waals surface area contributed by atoms with Gasteiger partial charge in [0.2, 0.25) is 0 Å². The third kappa shape index (κ3) is 6.02. The van der Waals surface area contributed by atoms with Crippen molar-refractivity contribution < 1.29 is 14.4 Å². The molecule has 2 aliphatic rings. The molecular weight excluding hydrogens is 560 g/mol. The summed E-state index contributed by atoms with van der Waals surface area (Å²) in [5.74, 6) is -0.510. The first-order chi connectivity index (χ1) is 19.6. The average Bonchev–Trinajstić information content (AvgIpc) is 3.18. The van der Waals surface area contributed by atoms with E-state index in [1.165, 1.54) is 4.90 Å². The molecule has 210 valence electrons. The predicted molar refractivity (Wildman–Crippen MR) is 164 cm³/mol. The molecule has 0 aliphatic carbocycles. The minimum Gasteiger partial charge on any atom is -0.367 e. The smallest absolute Gasteiger partial charge is 0.317 e. The molecule has 1 saturated heterocycles. The topological polar surface area (TPSA) is 93.8 Å². The molecular formula is C30H30BCl2N5O3. The van der Waals surface area contributed by atoms with Crippen LogP contribution in [0.1, 0.15) is 34.3 Å². The third-order valence-corrected chi connectivity index (χ3v) is 7.97. The monoisotopic (exact) mass is 589 g/mol. The van der Waals surface area contributed by atoms with E-state index < -0.39 is 5.54 Å². The van der Waals surface area contributed by atoms with Gasteiger partial charge in [0.1, 0.15) is 13.4 Å². The molecule has 1 fully saturated rings. The Labute approximate surface area is 250 Å². The zero-order valence-corrected chi connectivity index (χ0v) is 24.4. The minimum atomic E-state index is -1.28. The number of nitrogens with zero attached hydrogens (tertiary/aromatic N) is 2. The van der Waals surface area contributed by atoms with E-state index in [1.54, 1.807) is 55.4 Å². The second-order valence-corrected chi connectivity index (χ2v) is 11.6. The van der Waals surface area contributed by atoms with Gasteiger partial charge in [-0.3, -0.25) is 9.59 Å². The van der Waals surface area contributed by atoms with E-state index in [1.807, 2.05) is 24.3 Å². The van der Waals surface area contributed by atoms with Gasteiger partial charge in [-0.05, 0) is 54.8 Å². The van der Waals surface area contributed by atoms with Crippen LogP contribution < -0.4 is 21.4 Å². The molecule has 2 aliphatic heterocycles. The van der Waals surface area contributed by atoms with Gasteiger partial charge in [0.05, 0.1) is 5.56 Å². The Morgan fingerprint density at radius 1 is 1.10 bits per heavy atom. The summed E-state index contributed by atoms with van der Waals surface area (Å²) in [7, 11) is 9.55. The Morgan fingerprint density at radius 3 is 2.63 bits per heavy atom. The highest BCUT2D eigenvalue weighted by Gasteiger charge is 2.47. The second kappa shape index (κ2) is 11.7. The van der Waals surface area contributed by atoms with E-state index in [4.69, 9.17) is 31.0 Å². The molecule has 0 aromatic heterocycles. The number of nitrogens with one attached hydrogen (secondary N) is 3. The van der Waals surface area contributed by atoms with Gasteiger partial charge in [-0.15, -0.1) is 0 Å². The van der Waals surface area contributed by atoms with Crippen molar-refractivity contribution in [2.24, 2.45) is 0 Å². The van der Waals surface area contributed by atoms with Crippen LogP contribution in [0.4, 0.5) is 16.2 Å². The molecule has 11 heteroatoms. The van der Waals surface area contributed by atoms with Crippen LogP contribution in [-0.2, 0) is 16.8 Å². The molecule has 0 bridgehead atoms. The Kier molecular flexibility index (Phi) is 8.20. The first-order valence-corrected chi connectivity index (χ1v) is 14.1. The van der Waals surface area contributed by atoms with Gasteiger partial charge in [-0.2, -0.15) is 0 Å². The number of halogens is 2. The number of urea groups is 1. The fourth-order valence-corrected chi connectivity index (χ4v) is 5.86. The van der Waals surface area contributed by atoms with E-state index in [9.17, 15) is 14.4 Å². The van der Waals surface area contributed by atoms with Crippen LogP contribution in [0.3, 0.4) is 0 Å². The molecule has 4 amide bonds. The van der Waals surface area contributed by atoms with Gasteiger partial charge < -0.3 is 25.8 Å². The molecule has 5 rings (SSSR count). The lowest BCUT2D eigenvalue weighted by atomic mass is 9.83. The molecule has 8 nitrogen and oxygen atoms in total. The largest absolute Gasteiger partial charge is 0.367 e. The lowest BCUT2D eigenvalue weighted by molar-refractivity contribution is -0.119. The van der Waals surface area contributed by atoms with Gasteiger partial charge in [0.25, 0.3) is 11.8 Å². The summed E-state index contributed by atoms with van der Waals surface area (Å²) >= 11 is 12.5. The van der Waals surface area contributed by atoms with Crippen LogP contribution in [0.2, 0.25) is 10.0 Å². The predicted octanol–water partition coefficient (Wildman–Crippen LogP) is 4.17. The van der Waals surface area contributed by atoms with E-state index in [0.717, 1.165) is 18.4 Å². The number of likely N-dealkylation sites (tertiary alicyclic amines) is 1. The fourth-order valence-electron chi connectivity index (χ4n) is 5.48. The summed E-state index contributed by atoms with van der Waals surface area (Å²) in [4.78, 5) is 43.2. The van der Waals surface area contributed by atoms with E-state index in [-0.39, 0.29) is 30.3 Å². The number of fused-ring (bicyclic) bond motifs is 1. The van der Waals surface area contributed by atoms with Gasteiger partial charge in [-0.1, -0.05) is 52.9 Å². The zero-order valence-electron chi connectivity index (χ0n) is 22.8. The lowest BCUT2D eigenvalue weighted by Crippen LogP contribution is -2.51. The average molecular weight is 590 g/mol. The van der Waals surface area contributed by atoms with Crippen LogP contribution in [0.25, 0.3) is 0 Å². The number of hydrogen-bond acceptors (Lipinski definition) is 4. The molecule has 3 N–H and O–H groups in total. The van der Waals surface area contributed by atoms with Crippen molar-refractivity contribution in [1.82, 2.24) is 15.1 Å². The number of carbonyl (C=O) groups is 3. The van der Waals surface area contributed by atoms with Crippen LogP contribution in [0.15, 0.2) is 60.7 Å². The number of hydrogen-bond donors (Lipinski definition) is 3. The van der Waals surface area contributed by atoms with Crippen molar-refractivity contribution in [2.75, 3.05) is 37.8 Å². The Balaban J connectivity index is 1.52. The van der Waals surface area contributed by atoms with Gasteiger partial charge in [0.15, 0.2) is 0 Å². The summed E-state index contributed by atoms with van der Waals surface area (Å²) in [6, 6.07) is 17.2. The van der Waals surface area contributed by atoms with Crippen LogP contribution in [0.5, 0.6) is 0 Å². The first kappa shape index (κ1) is 28.8. The second-order valence-electron chi connectivity index (χ2n) is 10.7. The summed E-state index contributed by atoms with van der Waals surface area (Å²) in [5, 5.41) is 10.4. The molecule has 1 unspecified atom stereocenters. The Hall–Kier alpha value is -3.69. The van der Waals surface area contributed by atoms with Crippen molar-refractivity contribution in [3.63, 3.8) is 0 Å². The van der Waals surface area contributed by atoms with E-state index in [2.05, 4.69) is 16.0 Å². The SMILES string of the molecule is [B]c1ccc(C(=O)N2CCC[C@H](NC(=O)N(C)C)C2)c(NC2(Cc3cccc(Cl)c3)C(=O)Nc3cc(Cl)ccc32)c1. The van der Waals surface area contributed by atoms with Crippen LogP contribution in [-0.4, -0.2) is 68.7 Å². The highest BCUT2D eigenvalue weighted by Crippen LogP contribution is 2.43. The molecule has 41 heavy (non-hydrogen) atoms. The maximum Gasteiger partial charge on any atom is 0.317 e. The maximum atomic E-state index is 13.9. The molecule has 2 radical (unpaired) electrons. The van der Waals surface area contributed by atoms with Crippen LogP contribution in [0, 0.1) is 0 Å². The number of piperidine rings is 1. The third-order valence-electron chi connectivity index (χ3n) is 7.50. The highest BCUT2D eigenvalue weighted by molar-refractivity contribution is 6.33. The van der Waals surface area contributed by atoms with Crippen molar-refractivity contribution in [1.29, 1.82) is 0 Å². The number of benzene rings is 3. The van der Waals surface area contributed by atoms with Gasteiger partial charge >= 0.3 is 6.03 Å². The Morgan fingerprint density at radius 2 is 1.88 bits per heavy atom. The molecule has 0 saturated carbocycles. The Bertz CT molecular complexity index is 1520. The zero-order chi connectivity index (χ0) is 29.3. The number of anilines is 2. The fraction of sp³-hybridized carbons (Fsp3) is 0.300. The van der Waals surface area contributed by atoms with Crippen molar-refractivity contribution in [3.8, 4) is 0 Å². The van der Waals surface area contributed by atoms with Gasteiger partial charge in [-0.25, -0.2) is 4.79 Å². The number of carbonyl (C=O) groups excluding carboxylic acids is 3. The molecule has 2 atom stereocenters. The molecule has 3 aromatic rings. The first-order valence-electron chi connectivity index (χ1n) is 13.4. The van der Waals surface area contributed by atoms with Crippen LogP contribution >= 0.6 is 23.2 Å². The summed E-state index contributed by atoms with van der Waals surface area (Å²) < 4.78 is 0. The van der Waals surface area contributed by atoms with E-state index in [0.29, 0.717) is 51.1 Å². The highest BCUT2D eigenvalue weighted by atomic mass is 35.5. The van der Waals surface area contributed by atoms with Crippen molar-refractivity contribution >= 4 is 65.7 Å². The summed E-state index contributed by atoms with van der Waals surface area (Å²) in [5.41, 5.74) is 2.06. The quantitative estimate of drug-likeness (QED) is 0.376. The molecule has 2 heterocycles. The van der Waals surface area contributed by atoms with Gasteiger partial charge in [0, 0.05) is 66.6 Å². The summed E-state index contributed by atoms with van der Waals surface area (Å²) in [6.45, 7) is 0.921. The lowest BCUT2D eigenvalue weighted by Gasteiger charge is -2.35. The van der Waals surface area contributed by atoms with Crippen molar-refractivity contribution in [3.05, 3.63) is 87.4 Å². The minimum absolute atomic E-state index is 0.167. The molecule has 0 spiro atoms. The standard InChI is InChI=1S/C30H30BCl2N5O3/c1-37(2)29(41)34-22-7-4-12-38(17-22)27(39)23-10-8-19(31)14-25(23)36-30(16-18-5-3-6-20(32)13-18)24-11-9-21(33)15-26(24)35-28(30)40/h3,5-6,8-11,13-15,22,36H,4,7,12,16-17H2,1-2H3,(H,34,41)(H,35,40)/t22-,30?/m0/s1. The normalized spacial score (nSPS) is 19.8. The number of rotatable bonds is 6. The van der Waals surface area contributed by atoms with E-state index >= 15 is 0 Å².